The zero-order chi connectivity index (χ0) is 19.6. The smallest absolute Gasteiger partial charge is 0.243 e. The van der Waals surface area contributed by atoms with Crippen molar-refractivity contribution in [2.24, 2.45) is 0 Å². The highest BCUT2D eigenvalue weighted by atomic mass is 127. The van der Waals surface area contributed by atoms with Crippen LogP contribution in [0.1, 0.15) is 12.0 Å². The van der Waals surface area contributed by atoms with Crippen molar-refractivity contribution >= 4 is 39.9 Å². The maximum atomic E-state index is 12.2. The van der Waals surface area contributed by atoms with Crippen LogP contribution in [0.3, 0.4) is 0 Å². The lowest BCUT2D eigenvalue weighted by molar-refractivity contribution is -0.114. The standard InChI is InChI=1S/C23H23IN2O2/c24-19-12-14-20(15-13-19)26-23(27)17-25-21-10-4-5-11-22(21)28-16-6-9-18-7-2-1-3-8-18/h1-5,7-8,10-15,25H,6,9,16-17H2,(H,26,27). The van der Waals surface area contributed by atoms with Gasteiger partial charge in [0, 0.05) is 9.26 Å². The average Bonchev–Trinajstić information content (AvgIpc) is 2.73. The molecule has 0 spiro atoms. The second kappa shape index (κ2) is 10.7. The summed E-state index contributed by atoms with van der Waals surface area (Å²) in [6, 6.07) is 25.8. The molecule has 0 aliphatic rings. The average molecular weight is 486 g/mol. The molecule has 144 valence electrons. The van der Waals surface area contributed by atoms with E-state index in [4.69, 9.17) is 4.74 Å². The van der Waals surface area contributed by atoms with Gasteiger partial charge in [-0.05, 0) is 77.4 Å². The molecule has 0 saturated carbocycles. The summed E-state index contributed by atoms with van der Waals surface area (Å²) in [4.78, 5) is 12.2. The Morgan fingerprint density at radius 1 is 0.893 bits per heavy atom. The molecule has 0 bridgehead atoms. The molecule has 4 nitrogen and oxygen atoms in total. The van der Waals surface area contributed by atoms with Crippen molar-refractivity contribution < 1.29 is 9.53 Å². The first-order valence-electron chi connectivity index (χ1n) is 9.26. The van der Waals surface area contributed by atoms with Crippen LogP contribution in [0.5, 0.6) is 5.75 Å². The fraction of sp³-hybridized carbons (Fsp3) is 0.174. The van der Waals surface area contributed by atoms with E-state index in [2.05, 4.69) is 57.5 Å². The van der Waals surface area contributed by atoms with E-state index < -0.39 is 0 Å². The molecular formula is C23H23IN2O2. The predicted octanol–water partition coefficient (Wildman–Crippen LogP) is 5.35. The minimum atomic E-state index is -0.0971. The molecule has 3 aromatic carbocycles. The van der Waals surface area contributed by atoms with Gasteiger partial charge < -0.3 is 15.4 Å². The van der Waals surface area contributed by atoms with Crippen molar-refractivity contribution in [3.63, 3.8) is 0 Å². The summed E-state index contributed by atoms with van der Waals surface area (Å²) in [6.45, 7) is 0.804. The molecule has 0 saturated heterocycles. The predicted molar refractivity (Wildman–Crippen MR) is 123 cm³/mol. The number of nitrogens with one attached hydrogen (secondary N) is 2. The Kier molecular flexibility index (Phi) is 7.72. The molecule has 0 aliphatic carbocycles. The highest BCUT2D eigenvalue weighted by Gasteiger charge is 2.06. The summed E-state index contributed by atoms with van der Waals surface area (Å²) in [5, 5.41) is 6.05. The number of hydrogen-bond donors (Lipinski definition) is 2. The van der Waals surface area contributed by atoms with Crippen molar-refractivity contribution in [1.82, 2.24) is 0 Å². The van der Waals surface area contributed by atoms with Crippen LogP contribution < -0.4 is 15.4 Å². The molecule has 3 rings (SSSR count). The Bertz CT molecular complexity index is 883. The number of halogens is 1. The van der Waals surface area contributed by atoms with Crippen molar-refractivity contribution in [1.29, 1.82) is 0 Å². The van der Waals surface area contributed by atoms with Crippen molar-refractivity contribution in [3.8, 4) is 5.75 Å². The number of carbonyl (C=O) groups excluding carboxylic acids is 1. The molecule has 0 heterocycles. The topological polar surface area (TPSA) is 50.4 Å². The van der Waals surface area contributed by atoms with E-state index in [1.54, 1.807) is 0 Å². The van der Waals surface area contributed by atoms with Crippen LogP contribution in [-0.4, -0.2) is 19.1 Å². The van der Waals surface area contributed by atoms with Crippen LogP contribution >= 0.6 is 22.6 Å². The van der Waals surface area contributed by atoms with E-state index in [0.717, 1.165) is 33.5 Å². The number of aryl methyl sites for hydroxylation is 1. The van der Waals surface area contributed by atoms with E-state index in [-0.39, 0.29) is 12.5 Å². The Morgan fingerprint density at radius 2 is 1.61 bits per heavy atom. The fourth-order valence-corrected chi connectivity index (χ4v) is 3.12. The maximum absolute atomic E-state index is 12.2. The summed E-state index contributed by atoms with van der Waals surface area (Å²) >= 11 is 2.24. The van der Waals surface area contributed by atoms with E-state index in [1.165, 1.54) is 5.56 Å². The second-order valence-corrected chi connectivity index (χ2v) is 7.59. The van der Waals surface area contributed by atoms with Gasteiger partial charge in [0.25, 0.3) is 0 Å². The van der Waals surface area contributed by atoms with Gasteiger partial charge in [0.15, 0.2) is 0 Å². The van der Waals surface area contributed by atoms with E-state index in [1.807, 2.05) is 54.6 Å². The molecule has 3 aromatic rings. The van der Waals surface area contributed by atoms with Crippen LogP contribution in [0.15, 0.2) is 78.9 Å². The third-order valence-corrected chi connectivity index (χ3v) is 4.88. The third kappa shape index (κ3) is 6.56. The minimum absolute atomic E-state index is 0.0971. The quantitative estimate of drug-likeness (QED) is 0.317. The van der Waals surface area contributed by atoms with Crippen molar-refractivity contribution in [3.05, 3.63) is 88.0 Å². The van der Waals surface area contributed by atoms with Crippen molar-refractivity contribution in [2.75, 3.05) is 23.8 Å². The van der Waals surface area contributed by atoms with Gasteiger partial charge in [-0.25, -0.2) is 0 Å². The second-order valence-electron chi connectivity index (χ2n) is 6.34. The highest BCUT2D eigenvalue weighted by molar-refractivity contribution is 14.1. The van der Waals surface area contributed by atoms with Crippen LogP contribution in [0.4, 0.5) is 11.4 Å². The van der Waals surface area contributed by atoms with Gasteiger partial charge >= 0.3 is 0 Å². The molecule has 0 radical (unpaired) electrons. The molecule has 0 unspecified atom stereocenters. The van der Waals surface area contributed by atoms with E-state index in [9.17, 15) is 4.79 Å². The summed E-state index contributed by atoms with van der Waals surface area (Å²) in [6.07, 6.45) is 1.92. The molecule has 0 aromatic heterocycles. The van der Waals surface area contributed by atoms with Crippen LogP contribution in [0, 0.1) is 3.57 Å². The Morgan fingerprint density at radius 3 is 2.39 bits per heavy atom. The number of benzene rings is 3. The van der Waals surface area contributed by atoms with Crippen LogP contribution in [0.25, 0.3) is 0 Å². The Hall–Kier alpha value is -2.54. The van der Waals surface area contributed by atoms with Gasteiger partial charge in [0.05, 0.1) is 18.8 Å². The zero-order valence-corrected chi connectivity index (χ0v) is 17.7. The fourth-order valence-electron chi connectivity index (χ4n) is 2.76. The molecule has 5 heteroatoms. The number of anilines is 2. The maximum Gasteiger partial charge on any atom is 0.243 e. The van der Waals surface area contributed by atoms with Gasteiger partial charge in [-0.15, -0.1) is 0 Å². The van der Waals surface area contributed by atoms with Crippen molar-refractivity contribution in [2.45, 2.75) is 12.8 Å². The SMILES string of the molecule is O=C(CNc1ccccc1OCCCc1ccccc1)Nc1ccc(I)cc1. The first kappa shape index (κ1) is 20.2. The lowest BCUT2D eigenvalue weighted by Crippen LogP contribution is -2.22. The summed E-state index contributed by atoms with van der Waals surface area (Å²) < 4.78 is 7.06. The number of rotatable bonds is 9. The molecule has 0 fully saturated rings. The minimum Gasteiger partial charge on any atom is -0.491 e. The summed E-state index contributed by atoms with van der Waals surface area (Å²) in [5.74, 6) is 0.665. The van der Waals surface area contributed by atoms with E-state index >= 15 is 0 Å². The third-order valence-electron chi connectivity index (χ3n) is 4.16. The van der Waals surface area contributed by atoms with Gasteiger partial charge in [0.2, 0.25) is 5.91 Å². The lowest BCUT2D eigenvalue weighted by Gasteiger charge is -2.13. The summed E-state index contributed by atoms with van der Waals surface area (Å²) in [7, 11) is 0. The molecule has 1 amide bonds. The van der Waals surface area contributed by atoms with E-state index in [0.29, 0.717) is 6.61 Å². The summed E-state index contributed by atoms with van der Waals surface area (Å²) in [5.41, 5.74) is 2.92. The van der Waals surface area contributed by atoms with Gasteiger partial charge in [0.1, 0.15) is 5.75 Å². The van der Waals surface area contributed by atoms with Crippen LogP contribution in [-0.2, 0) is 11.2 Å². The Balaban J connectivity index is 1.46. The molecule has 28 heavy (non-hydrogen) atoms. The van der Waals surface area contributed by atoms with Crippen LogP contribution in [0.2, 0.25) is 0 Å². The number of amides is 1. The number of carbonyl (C=O) groups is 1. The monoisotopic (exact) mass is 486 g/mol. The normalized spacial score (nSPS) is 10.3. The first-order valence-corrected chi connectivity index (χ1v) is 10.3. The molecule has 2 N–H and O–H groups in total. The van der Waals surface area contributed by atoms with Gasteiger partial charge in [-0.3, -0.25) is 4.79 Å². The first-order chi connectivity index (χ1) is 13.7. The zero-order valence-electron chi connectivity index (χ0n) is 15.5. The largest absolute Gasteiger partial charge is 0.491 e. The number of para-hydroxylation sites is 2. The lowest BCUT2D eigenvalue weighted by atomic mass is 10.1. The van der Waals surface area contributed by atoms with Gasteiger partial charge in [-0.1, -0.05) is 42.5 Å². The number of ether oxygens (including phenoxy) is 1. The molecule has 0 atom stereocenters. The number of hydrogen-bond acceptors (Lipinski definition) is 3. The van der Waals surface area contributed by atoms with Gasteiger partial charge in [-0.2, -0.15) is 0 Å². The highest BCUT2D eigenvalue weighted by Crippen LogP contribution is 2.24. The molecular weight excluding hydrogens is 463 g/mol. The molecule has 0 aliphatic heterocycles. The Labute approximate surface area is 179 Å².